The highest BCUT2D eigenvalue weighted by molar-refractivity contribution is 4.51. The van der Waals surface area contributed by atoms with Crippen molar-refractivity contribution in [1.29, 1.82) is 0 Å². The van der Waals surface area contributed by atoms with Gasteiger partial charge in [0.2, 0.25) is 0 Å². The zero-order chi connectivity index (χ0) is 19.0. The van der Waals surface area contributed by atoms with Crippen molar-refractivity contribution >= 4 is 0 Å². The van der Waals surface area contributed by atoms with Crippen molar-refractivity contribution in [2.24, 2.45) is 5.73 Å². The lowest BCUT2D eigenvalue weighted by molar-refractivity contribution is 0.137. The molecule has 0 heterocycles. The van der Waals surface area contributed by atoms with Crippen molar-refractivity contribution in [1.82, 2.24) is 0 Å². The van der Waals surface area contributed by atoms with Gasteiger partial charge in [0.05, 0.1) is 6.61 Å². The molecule has 0 rings (SSSR count). The van der Waals surface area contributed by atoms with Crippen molar-refractivity contribution in [2.45, 2.75) is 135 Å². The molecule has 0 spiro atoms. The quantitative estimate of drug-likeness (QED) is 0.187. The van der Waals surface area contributed by atoms with Crippen LogP contribution >= 0.6 is 0 Å². The zero-order valence-electron chi connectivity index (χ0n) is 18.2. The van der Waals surface area contributed by atoms with Crippen LogP contribution in [0.5, 0.6) is 0 Å². The van der Waals surface area contributed by atoms with Gasteiger partial charge >= 0.3 is 0 Å². The molecule has 2 nitrogen and oxygen atoms in total. The highest BCUT2D eigenvalue weighted by Gasteiger charge is 1.95. The van der Waals surface area contributed by atoms with Crippen LogP contribution in [0.3, 0.4) is 0 Å². The second kappa shape index (κ2) is 24.9. The van der Waals surface area contributed by atoms with E-state index in [1.54, 1.807) is 0 Å². The molecule has 0 fully saturated rings. The van der Waals surface area contributed by atoms with Crippen molar-refractivity contribution in [3.8, 4) is 0 Å². The topological polar surface area (TPSA) is 35.2 Å². The number of hydrogen-bond acceptors (Lipinski definition) is 2. The van der Waals surface area contributed by atoms with Crippen LogP contribution in [0.25, 0.3) is 0 Å². The number of ether oxygens (including phenoxy) is 1. The van der Waals surface area contributed by atoms with E-state index >= 15 is 0 Å². The van der Waals surface area contributed by atoms with Gasteiger partial charge in [0.15, 0.2) is 0 Å². The largest absolute Gasteiger partial charge is 0.380 e. The molecular formula is C24H51NO. The number of unbranched alkanes of at least 4 members (excludes halogenated alkanes) is 19. The average Bonchev–Trinajstić information content (AvgIpc) is 2.66. The van der Waals surface area contributed by atoms with E-state index in [0.29, 0.717) is 6.54 Å². The molecule has 0 aromatic carbocycles. The molecule has 0 atom stereocenters. The van der Waals surface area contributed by atoms with Crippen LogP contribution in [0.2, 0.25) is 0 Å². The standard InChI is InChI=1S/C24H51NO/c1-2-3-4-5-6-7-8-9-10-11-12-13-14-15-16-17-18-19-20-21-23-26-24-22-25/h2-25H2,1H3. The first-order valence-electron chi connectivity index (χ1n) is 12.2. The molecule has 0 unspecified atom stereocenters. The molecule has 158 valence electrons. The van der Waals surface area contributed by atoms with E-state index in [1.807, 2.05) is 0 Å². The van der Waals surface area contributed by atoms with Gasteiger partial charge in [-0.1, -0.05) is 129 Å². The second-order valence-corrected chi connectivity index (χ2v) is 8.12. The summed E-state index contributed by atoms with van der Waals surface area (Å²) in [5.41, 5.74) is 5.39. The maximum Gasteiger partial charge on any atom is 0.0588 e. The first-order chi connectivity index (χ1) is 12.9. The van der Waals surface area contributed by atoms with Gasteiger partial charge in [0.25, 0.3) is 0 Å². The fourth-order valence-corrected chi connectivity index (χ4v) is 3.64. The van der Waals surface area contributed by atoms with Gasteiger partial charge in [-0.15, -0.1) is 0 Å². The summed E-state index contributed by atoms with van der Waals surface area (Å²) in [5, 5.41) is 0. The summed E-state index contributed by atoms with van der Waals surface area (Å²) in [4.78, 5) is 0. The Bertz CT molecular complexity index is 208. The Morgan fingerprint density at radius 1 is 0.423 bits per heavy atom. The first kappa shape index (κ1) is 25.9. The van der Waals surface area contributed by atoms with Gasteiger partial charge in [-0.25, -0.2) is 0 Å². The van der Waals surface area contributed by atoms with Crippen LogP contribution in [0.1, 0.15) is 135 Å². The van der Waals surface area contributed by atoms with Crippen molar-refractivity contribution < 1.29 is 4.74 Å². The van der Waals surface area contributed by atoms with Crippen molar-refractivity contribution in [2.75, 3.05) is 19.8 Å². The third kappa shape index (κ3) is 23.9. The van der Waals surface area contributed by atoms with Gasteiger partial charge < -0.3 is 10.5 Å². The molecule has 0 aliphatic carbocycles. The fraction of sp³-hybridized carbons (Fsp3) is 1.00. The monoisotopic (exact) mass is 369 g/mol. The lowest BCUT2D eigenvalue weighted by Gasteiger charge is -2.04. The van der Waals surface area contributed by atoms with Crippen molar-refractivity contribution in [3.63, 3.8) is 0 Å². The Hall–Kier alpha value is -0.0800. The van der Waals surface area contributed by atoms with E-state index in [1.165, 1.54) is 128 Å². The predicted octanol–water partition coefficient (Wildman–Crippen LogP) is 7.78. The molecule has 0 saturated heterocycles. The maximum absolute atomic E-state index is 5.39. The van der Waals surface area contributed by atoms with E-state index in [4.69, 9.17) is 10.5 Å². The molecule has 0 saturated carbocycles. The molecule has 0 bridgehead atoms. The number of rotatable bonds is 23. The van der Waals surface area contributed by atoms with Crippen LogP contribution in [-0.2, 0) is 4.74 Å². The van der Waals surface area contributed by atoms with Crippen LogP contribution in [0.4, 0.5) is 0 Å². The third-order valence-corrected chi connectivity index (χ3v) is 5.40. The average molecular weight is 370 g/mol. The molecule has 0 aromatic rings. The molecule has 0 radical (unpaired) electrons. The molecule has 26 heavy (non-hydrogen) atoms. The van der Waals surface area contributed by atoms with Crippen LogP contribution in [0, 0.1) is 0 Å². The van der Waals surface area contributed by atoms with Crippen molar-refractivity contribution in [3.05, 3.63) is 0 Å². The Kier molecular flexibility index (Phi) is 24.8. The fourth-order valence-electron chi connectivity index (χ4n) is 3.64. The molecule has 2 N–H and O–H groups in total. The van der Waals surface area contributed by atoms with E-state index in [-0.39, 0.29) is 0 Å². The Morgan fingerprint density at radius 3 is 1.04 bits per heavy atom. The van der Waals surface area contributed by atoms with Gasteiger partial charge in [-0.05, 0) is 6.42 Å². The molecular weight excluding hydrogens is 318 g/mol. The lowest BCUT2D eigenvalue weighted by Crippen LogP contribution is -2.08. The Balaban J connectivity index is 2.95. The zero-order valence-corrected chi connectivity index (χ0v) is 18.2. The van der Waals surface area contributed by atoms with E-state index < -0.39 is 0 Å². The number of hydrogen-bond donors (Lipinski definition) is 1. The maximum atomic E-state index is 5.39. The van der Waals surface area contributed by atoms with Crippen LogP contribution < -0.4 is 5.73 Å². The molecule has 0 amide bonds. The second-order valence-electron chi connectivity index (χ2n) is 8.12. The molecule has 2 heteroatoms. The van der Waals surface area contributed by atoms with E-state index in [9.17, 15) is 0 Å². The predicted molar refractivity (Wildman–Crippen MR) is 118 cm³/mol. The minimum atomic E-state index is 0.652. The smallest absolute Gasteiger partial charge is 0.0588 e. The van der Waals surface area contributed by atoms with Crippen LogP contribution in [-0.4, -0.2) is 19.8 Å². The summed E-state index contributed by atoms with van der Waals surface area (Å²) >= 11 is 0. The minimum absolute atomic E-state index is 0.652. The van der Waals surface area contributed by atoms with Gasteiger partial charge in [-0.3, -0.25) is 0 Å². The third-order valence-electron chi connectivity index (χ3n) is 5.40. The first-order valence-corrected chi connectivity index (χ1v) is 12.2. The highest BCUT2D eigenvalue weighted by Crippen LogP contribution is 2.14. The molecule has 0 aliphatic heterocycles. The summed E-state index contributed by atoms with van der Waals surface area (Å²) in [6.45, 7) is 4.57. The van der Waals surface area contributed by atoms with E-state index in [2.05, 4.69) is 6.92 Å². The van der Waals surface area contributed by atoms with Gasteiger partial charge in [0, 0.05) is 13.2 Å². The summed E-state index contributed by atoms with van der Waals surface area (Å²) in [6, 6.07) is 0. The molecule has 0 aliphatic rings. The number of nitrogens with two attached hydrogens (primary N) is 1. The minimum Gasteiger partial charge on any atom is -0.380 e. The summed E-state index contributed by atoms with van der Waals surface area (Å²) in [5.74, 6) is 0. The summed E-state index contributed by atoms with van der Waals surface area (Å²) in [7, 11) is 0. The van der Waals surface area contributed by atoms with Gasteiger partial charge in [0.1, 0.15) is 0 Å². The SMILES string of the molecule is CCCCCCCCCCCCCCCCCCCCCCOCCN. The summed E-state index contributed by atoms with van der Waals surface area (Å²) < 4.78 is 5.39. The van der Waals surface area contributed by atoms with E-state index in [0.717, 1.165) is 13.2 Å². The lowest BCUT2D eigenvalue weighted by atomic mass is 10.0. The Morgan fingerprint density at radius 2 is 0.731 bits per heavy atom. The van der Waals surface area contributed by atoms with Crippen LogP contribution in [0.15, 0.2) is 0 Å². The normalized spacial score (nSPS) is 11.3. The summed E-state index contributed by atoms with van der Waals surface area (Å²) in [6.07, 6.45) is 28.6. The highest BCUT2D eigenvalue weighted by atomic mass is 16.5. The molecule has 0 aromatic heterocycles. The Labute approximate surface area is 166 Å². The van der Waals surface area contributed by atoms with Gasteiger partial charge in [-0.2, -0.15) is 0 Å².